The number of aromatic nitrogens is 2. The maximum atomic E-state index is 12.9. The molecule has 0 spiro atoms. The summed E-state index contributed by atoms with van der Waals surface area (Å²) in [6, 6.07) is 15.9. The Morgan fingerprint density at radius 1 is 1.17 bits per heavy atom. The summed E-state index contributed by atoms with van der Waals surface area (Å²) >= 11 is 0. The van der Waals surface area contributed by atoms with Gasteiger partial charge in [0.1, 0.15) is 6.54 Å². The summed E-state index contributed by atoms with van der Waals surface area (Å²) in [6.45, 7) is 5.75. The standard InChI is InChI=1S/C24H28N4O2/c1-17(2)18-9-11-19(12-10-18)26-20-6-5-13-27(14-20)23(29)15-28-16-25-22-8-4-3-7-21(22)24(28)30/h3-4,7-12,16-17,20,26H,5-6,13-15H2,1-2H3. The first-order chi connectivity index (χ1) is 14.5. The Morgan fingerprint density at radius 3 is 2.70 bits per heavy atom. The Hall–Kier alpha value is -3.15. The number of carbonyl (C=O) groups excluding carboxylic acids is 1. The zero-order valence-corrected chi connectivity index (χ0v) is 17.5. The number of likely N-dealkylation sites (tertiary alicyclic amines) is 1. The Kier molecular flexibility index (Phi) is 5.84. The average Bonchev–Trinajstić information content (AvgIpc) is 2.76. The lowest BCUT2D eigenvalue weighted by atomic mass is 10.0. The quantitative estimate of drug-likeness (QED) is 0.705. The van der Waals surface area contributed by atoms with Crippen molar-refractivity contribution >= 4 is 22.5 Å². The van der Waals surface area contributed by atoms with Crippen LogP contribution in [0.15, 0.2) is 59.7 Å². The molecule has 1 atom stereocenters. The van der Waals surface area contributed by atoms with Crippen LogP contribution < -0.4 is 10.9 Å². The molecule has 2 aromatic carbocycles. The number of benzene rings is 2. The van der Waals surface area contributed by atoms with E-state index in [1.54, 1.807) is 12.1 Å². The van der Waals surface area contributed by atoms with Crippen LogP contribution in [-0.2, 0) is 11.3 Å². The second kappa shape index (κ2) is 8.69. The van der Waals surface area contributed by atoms with Crippen molar-refractivity contribution in [3.63, 3.8) is 0 Å². The highest BCUT2D eigenvalue weighted by Crippen LogP contribution is 2.20. The summed E-state index contributed by atoms with van der Waals surface area (Å²) in [6.07, 6.45) is 3.43. The molecule has 1 N–H and O–H groups in total. The molecule has 4 rings (SSSR count). The van der Waals surface area contributed by atoms with Crippen LogP contribution in [0.4, 0.5) is 5.69 Å². The van der Waals surface area contributed by atoms with Gasteiger partial charge in [-0.2, -0.15) is 0 Å². The number of para-hydroxylation sites is 1. The number of carbonyl (C=O) groups is 1. The van der Waals surface area contributed by atoms with Crippen LogP contribution in [0.2, 0.25) is 0 Å². The molecular weight excluding hydrogens is 376 g/mol. The molecule has 1 aliphatic rings. The van der Waals surface area contributed by atoms with Gasteiger partial charge in [0.15, 0.2) is 0 Å². The summed E-state index contributed by atoms with van der Waals surface area (Å²) in [5.41, 5.74) is 2.87. The first-order valence-electron chi connectivity index (χ1n) is 10.6. The number of piperidine rings is 1. The van der Waals surface area contributed by atoms with Gasteiger partial charge < -0.3 is 10.2 Å². The van der Waals surface area contributed by atoms with E-state index in [1.165, 1.54) is 16.5 Å². The molecule has 0 saturated carbocycles. The smallest absolute Gasteiger partial charge is 0.261 e. The van der Waals surface area contributed by atoms with Gasteiger partial charge >= 0.3 is 0 Å². The van der Waals surface area contributed by atoms with Gasteiger partial charge in [-0.3, -0.25) is 14.2 Å². The first kappa shape index (κ1) is 20.1. The predicted molar refractivity (Wildman–Crippen MR) is 120 cm³/mol. The summed E-state index contributed by atoms with van der Waals surface area (Å²) in [7, 11) is 0. The third kappa shape index (κ3) is 4.37. The first-order valence-corrected chi connectivity index (χ1v) is 10.6. The molecule has 1 aliphatic heterocycles. The number of hydrogen-bond donors (Lipinski definition) is 1. The molecule has 6 heteroatoms. The highest BCUT2D eigenvalue weighted by molar-refractivity contribution is 5.79. The Morgan fingerprint density at radius 2 is 1.93 bits per heavy atom. The van der Waals surface area contributed by atoms with E-state index in [0.29, 0.717) is 23.4 Å². The molecule has 1 fully saturated rings. The molecule has 3 aromatic rings. The number of hydrogen-bond acceptors (Lipinski definition) is 4. The zero-order chi connectivity index (χ0) is 21.1. The van der Waals surface area contributed by atoms with E-state index < -0.39 is 0 Å². The van der Waals surface area contributed by atoms with Crippen LogP contribution in [0.3, 0.4) is 0 Å². The van der Waals surface area contributed by atoms with Crippen LogP contribution in [0.1, 0.15) is 38.2 Å². The normalized spacial score (nSPS) is 16.8. The van der Waals surface area contributed by atoms with Crippen molar-refractivity contribution in [1.82, 2.24) is 14.5 Å². The largest absolute Gasteiger partial charge is 0.381 e. The lowest BCUT2D eigenvalue weighted by molar-refractivity contribution is -0.132. The summed E-state index contributed by atoms with van der Waals surface area (Å²) in [5.74, 6) is 0.464. The Balaban J connectivity index is 1.41. The number of fused-ring (bicyclic) bond motifs is 1. The maximum absolute atomic E-state index is 12.9. The predicted octanol–water partition coefficient (Wildman–Crippen LogP) is 3.62. The lowest BCUT2D eigenvalue weighted by Gasteiger charge is -2.34. The van der Waals surface area contributed by atoms with Crippen LogP contribution in [0.5, 0.6) is 0 Å². The highest BCUT2D eigenvalue weighted by Gasteiger charge is 2.24. The topological polar surface area (TPSA) is 67.2 Å². The number of nitrogens with one attached hydrogen (secondary N) is 1. The molecule has 0 aliphatic carbocycles. The second-order valence-electron chi connectivity index (χ2n) is 8.29. The molecule has 1 saturated heterocycles. The van der Waals surface area contributed by atoms with E-state index in [2.05, 4.69) is 48.4 Å². The maximum Gasteiger partial charge on any atom is 0.261 e. The lowest BCUT2D eigenvalue weighted by Crippen LogP contribution is -2.46. The van der Waals surface area contributed by atoms with Crippen molar-refractivity contribution in [2.24, 2.45) is 0 Å². The Labute approximate surface area is 176 Å². The Bertz CT molecular complexity index is 1090. The van der Waals surface area contributed by atoms with E-state index in [-0.39, 0.29) is 24.1 Å². The fourth-order valence-corrected chi connectivity index (χ4v) is 3.99. The van der Waals surface area contributed by atoms with Crippen LogP contribution in [0.25, 0.3) is 10.9 Å². The molecule has 1 amide bonds. The minimum atomic E-state index is -0.175. The molecule has 0 bridgehead atoms. The van der Waals surface area contributed by atoms with Gasteiger partial charge in [-0.05, 0) is 48.6 Å². The van der Waals surface area contributed by atoms with Crippen molar-refractivity contribution in [2.75, 3.05) is 18.4 Å². The molecule has 1 aromatic heterocycles. The minimum Gasteiger partial charge on any atom is -0.381 e. The summed E-state index contributed by atoms with van der Waals surface area (Å²) in [4.78, 5) is 31.7. The number of nitrogens with zero attached hydrogens (tertiary/aromatic N) is 3. The SMILES string of the molecule is CC(C)c1ccc(NC2CCCN(C(=O)Cn3cnc4ccccc4c3=O)C2)cc1. The fraction of sp³-hybridized carbons (Fsp3) is 0.375. The summed E-state index contributed by atoms with van der Waals surface area (Å²) < 4.78 is 1.41. The van der Waals surface area contributed by atoms with Gasteiger partial charge in [0, 0.05) is 24.8 Å². The van der Waals surface area contributed by atoms with E-state index in [0.717, 1.165) is 25.1 Å². The van der Waals surface area contributed by atoms with E-state index in [4.69, 9.17) is 0 Å². The zero-order valence-electron chi connectivity index (χ0n) is 17.5. The van der Waals surface area contributed by atoms with Crippen molar-refractivity contribution in [2.45, 2.75) is 45.2 Å². The van der Waals surface area contributed by atoms with Crippen LogP contribution in [0, 0.1) is 0 Å². The monoisotopic (exact) mass is 404 g/mol. The van der Waals surface area contributed by atoms with E-state index in [9.17, 15) is 9.59 Å². The molecule has 156 valence electrons. The summed E-state index contributed by atoms with van der Waals surface area (Å²) in [5, 5.41) is 4.09. The van der Waals surface area contributed by atoms with Gasteiger partial charge in [0.05, 0.1) is 17.2 Å². The number of amides is 1. The molecule has 6 nitrogen and oxygen atoms in total. The van der Waals surface area contributed by atoms with E-state index >= 15 is 0 Å². The molecule has 30 heavy (non-hydrogen) atoms. The number of anilines is 1. The average molecular weight is 405 g/mol. The fourth-order valence-electron chi connectivity index (χ4n) is 3.99. The van der Waals surface area contributed by atoms with Crippen molar-refractivity contribution in [1.29, 1.82) is 0 Å². The van der Waals surface area contributed by atoms with E-state index in [1.807, 2.05) is 17.0 Å². The second-order valence-corrected chi connectivity index (χ2v) is 8.29. The third-order valence-corrected chi connectivity index (χ3v) is 5.76. The van der Waals surface area contributed by atoms with Gasteiger partial charge in [0.25, 0.3) is 5.56 Å². The van der Waals surface area contributed by atoms with Crippen LogP contribution in [-0.4, -0.2) is 39.5 Å². The van der Waals surface area contributed by atoms with Crippen molar-refractivity contribution in [3.05, 3.63) is 70.8 Å². The minimum absolute atomic E-state index is 0.0203. The van der Waals surface area contributed by atoms with Gasteiger partial charge in [-0.25, -0.2) is 4.98 Å². The van der Waals surface area contributed by atoms with Crippen molar-refractivity contribution in [3.8, 4) is 0 Å². The third-order valence-electron chi connectivity index (χ3n) is 5.76. The molecule has 1 unspecified atom stereocenters. The van der Waals surface area contributed by atoms with Gasteiger partial charge in [-0.1, -0.05) is 38.1 Å². The number of rotatable bonds is 5. The van der Waals surface area contributed by atoms with Crippen LogP contribution >= 0.6 is 0 Å². The van der Waals surface area contributed by atoms with Gasteiger partial charge in [0.2, 0.25) is 5.91 Å². The van der Waals surface area contributed by atoms with Gasteiger partial charge in [-0.15, -0.1) is 0 Å². The molecular formula is C24H28N4O2. The molecule has 0 radical (unpaired) electrons. The highest BCUT2D eigenvalue weighted by atomic mass is 16.2. The van der Waals surface area contributed by atoms with Crippen molar-refractivity contribution < 1.29 is 4.79 Å². The molecule has 2 heterocycles.